The van der Waals surface area contributed by atoms with Crippen molar-refractivity contribution in [3.63, 3.8) is 0 Å². The van der Waals surface area contributed by atoms with Crippen LogP contribution in [-0.2, 0) is 0 Å². The molecule has 2 heteroatoms. The fourth-order valence-electron chi connectivity index (χ4n) is 3.03. The van der Waals surface area contributed by atoms with E-state index in [0.29, 0.717) is 5.41 Å². The largest absolute Gasteiger partial charge is 0.316 e. The molecule has 0 amide bonds. The summed E-state index contributed by atoms with van der Waals surface area (Å²) < 4.78 is 0. The predicted molar refractivity (Wildman–Crippen MR) is 60.7 cm³/mol. The van der Waals surface area contributed by atoms with Crippen LogP contribution in [0.25, 0.3) is 0 Å². The molecule has 0 bridgehead atoms. The molecule has 15 heavy (non-hydrogen) atoms. The summed E-state index contributed by atoms with van der Waals surface area (Å²) in [5.41, 5.74) is 2.18. The Morgan fingerprint density at radius 2 is 1.80 bits per heavy atom. The number of aromatic nitrogens is 1. The monoisotopic (exact) mass is 202 g/mol. The first-order chi connectivity index (χ1) is 7.38. The van der Waals surface area contributed by atoms with Gasteiger partial charge in [0.05, 0.1) is 0 Å². The lowest BCUT2D eigenvalue weighted by Gasteiger charge is -2.47. The number of hydrogen-bond donors (Lipinski definition) is 1. The Hall–Kier alpha value is -0.890. The zero-order valence-electron chi connectivity index (χ0n) is 9.08. The first-order valence-electron chi connectivity index (χ1n) is 5.99. The van der Waals surface area contributed by atoms with E-state index >= 15 is 0 Å². The average molecular weight is 202 g/mol. The predicted octanol–water partition coefficient (Wildman–Crippen LogP) is 2.33. The molecular weight excluding hydrogens is 184 g/mol. The zero-order valence-corrected chi connectivity index (χ0v) is 9.08. The minimum absolute atomic E-state index is 0.684. The van der Waals surface area contributed by atoms with E-state index in [4.69, 9.17) is 0 Å². The maximum Gasteiger partial charge on any atom is 0.0270 e. The highest BCUT2D eigenvalue weighted by Gasteiger charge is 2.40. The molecule has 0 atom stereocenters. The standard InChI is InChI=1S/C13H18N2/c1-5-13(9-15-10-13)6-2-11(1)12-3-7-14-8-4-12/h3-4,7-8,11,15H,1-2,5-6,9-10H2. The molecule has 80 valence electrons. The highest BCUT2D eigenvalue weighted by molar-refractivity contribution is 5.17. The van der Waals surface area contributed by atoms with Crippen LogP contribution < -0.4 is 5.32 Å². The molecule has 1 aliphatic carbocycles. The summed E-state index contributed by atoms with van der Waals surface area (Å²) in [5, 5.41) is 3.42. The van der Waals surface area contributed by atoms with E-state index in [1.165, 1.54) is 44.3 Å². The molecule has 1 saturated carbocycles. The van der Waals surface area contributed by atoms with Crippen molar-refractivity contribution in [3.8, 4) is 0 Å². The number of rotatable bonds is 1. The van der Waals surface area contributed by atoms with Crippen molar-refractivity contribution in [1.82, 2.24) is 10.3 Å². The lowest BCUT2D eigenvalue weighted by molar-refractivity contribution is 0.0975. The van der Waals surface area contributed by atoms with Gasteiger partial charge in [0.25, 0.3) is 0 Å². The van der Waals surface area contributed by atoms with Gasteiger partial charge in [-0.05, 0) is 54.7 Å². The average Bonchev–Trinajstić information content (AvgIpc) is 2.28. The number of pyridine rings is 1. The van der Waals surface area contributed by atoms with Gasteiger partial charge in [-0.25, -0.2) is 0 Å². The molecule has 1 aliphatic heterocycles. The van der Waals surface area contributed by atoms with Crippen molar-refractivity contribution in [1.29, 1.82) is 0 Å². The van der Waals surface area contributed by atoms with E-state index < -0.39 is 0 Å². The summed E-state index contributed by atoms with van der Waals surface area (Å²) in [6, 6.07) is 4.36. The molecule has 2 nitrogen and oxygen atoms in total. The van der Waals surface area contributed by atoms with Gasteiger partial charge in [-0.15, -0.1) is 0 Å². The van der Waals surface area contributed by atoms with Crippen LogP contribution in [-0.4, -0.2) is 18.1 Å². The third-order valence-electron chi connectivity index (χ3n) is 4.22. The normalized spacial score (nSPS) is 25.1. The Bertz CT molecular complexity index is 320. The van der Waals surface area contributed by atoms with Crippen LogP contribution in [0.2, 0.25) is 0 Å². The van der Waals surface area contributed by atoms with Crippen molar-refractivity contribution >= 4 is 0 Å². The highest BCUT2D eigenvalue weighted by atomic mass is 15.0. The number of nitrogens with one attached hydrogen (secondary N) is 1. The first-order valence-corrected chi connectivity index (χ1v) is 5.99. The van der Waals surface area contributed by atoms with Crippen molar-refractivity contribution in [2.75, 3.05) is 13.1 Å². The Kier molecular flexibility index (Phi) is 2.24. The minimum Gasteiger partial charge on any atom is -0.316 e. The van der Waals surface area contributed by atoms with Crippen molar-refractivity contribution in [2.45, 2.75) is 31.6 Å². The minimum atomic E-state index is 0.684. The summed E-state index contributed by atoms with van der Waals surface area (Å²) in [5.74, 6) is 0.791. The van der Waals surface area contributed by atoms with Gasteiger partial charge < -0.3 is 5.32 Å². The van der Waals surface area contributed by atoms with E-state index in [1.54, 1.807) is 0 Å². The zero-order chi connectivity index (χ0) is 10.1. The lowest BCUT2D eigenvalue weighted by atomic mass is 9.66. The van der Waals surface area contributed by atoms with Gasteiger partial charge in [0.2, 0.25) is 0 Å². The summed E-state index contributed by atoms with van der Waals surface area (Å²) >= 11 is 0. The molecule has 1 aromatic rings. The Balaban J connectivity index is 1.67. The fraction of sp³-hybridized carbons (Fsp3) is 0.615. The Morgan fingerprint density at radius 3 is 2.33 bits per heavy atom. The van der Waals surface area contributed by atoms with Gasteiger partial charge in [-0.2, -0.15) is 0 Å². The highest BCUT2D eigenvalue weighted by Crippen LogP contribution is 2.44. The fourth-order valence-corrected chi connectivity index (χ4v) is 3.03. The van der Waals surface area contributed by atoms with E-state index in [0.717, 1.165) is 5.92 Å². The van der Waals surface area contributed by atoms with Gasteiger partial charge in [-0.1, -0.05) is 0 Å². The molecule has 3 rings (SSSR count). The number of hydrogen-bond acceptors (Lipinski definition) is 2. The van der Waals surface area contributed by atoms with Crippen LogP contribution in [0.4, 0.5) is 0 Å². The Labute approximate surface area is 91.1 Å². The molecule has 2 heterocycles. The molecule has 1 saturated heterocycles. The van der Waals surface area contributed by atoms with Crippen LogP contribution in [0.15, 0.2) is 24.5 Å². The summed E-state index contributed by atoms with van der Waals surface area (Å²) in [6.07, 6.45) is 9.40. The molecule has 0 unspecified atom stereocenters. The maximum absolute atomic E-state index is 4.09. The molecule has 0 radical (unpaired) electrons. The van der Waals surface area contributed by atoms with Gasteiger partial charge in [0.1, 0.15) is 0 Å². The van der Waals surface area contributed by atoms with Gasteiger partial charge in [0, 0.05) is 25.5 Å². The quantitative estimate of drug-likeness (QED) is 0.756. The van der Waals surface area contributed by atoms with E-state index in [9.17, 15) is 0 Å². The van der Waals surface area contributed by atoms with Crippen LogP contribution in [0.1, 0.15) is 37.2 Å². The third kappa shape index (κ3) is 1.67. The summed E-state index contributed by atoms with van der Waals surface area (Å²) in [6.45, 7) is 2.52. The molecule has 2 aliphatic rings. The van der Waals surface area contributed by atoms with Crippen molar-refractivity contribution in [2.24, 2.45) is 5.41 Å². The Morgan fingerprint density at radius 1 is 1.13 bits per heavy atom. The summed E-state index contributed by atoms with van der Waals surface area (Å²) in [7, 11) is 0. The lowest BCUT2D eigenvalue weighted by Crippen LogP contribution is -2.54. The molecule has 1 spiro atoms. The van der Waals surface area contributed by atoms with Crippen LogP contribution >= 0.6 is 0 Å². The first kappa shape index (κ1) is 9.34. The second-order valence-electron chi connectivity index (χ2n) is 5.16. The molecule has 2 fully saturated rings. The topological polar surface area (TPSA) is 24.9 Å². The SMILES string of the molecule is c1cc(C2CCC3(CC2)CNC3)ccn1. The van der Waals surface area contributed by atoms with Crippen LogP contribution in [0.5, 0.6) is 0 Å². The van der Waals surface area contributed by atoms with Crippen molar-refractivity contribution < 1.29 is 0 Å². The number of nitrogens with zero attached hydrogens (tertiary/aromatic N) is 1. The van der Waals surface area contributed by atoms with E-state index in [-0.39, 0.29) is 0 Å². The maximum atomic E-state index is 4.09. The van der Waals surface area contributed by atoms with E-state index in [2.05, 4.69) is 22.4 Å². The molecular formula is C13H18N2. The van der Waals surface area contributed by atoms with Gasteiger partial charge in [-0.3, -0.25) is 4.98 Å². The van der Waals surface area contributed by atoms with Gasteiger partial charge in [0.15, 0.2) is 0 Å². The van der Waals surface area contributed by atoms with Crippen molar-refractivity contribution in [3.05, 3.63) is 30.1 Å². The van der Waals surface area contributed by atoms with Crippen LogP contribution in [0, 0.1) is 5.41 Å². The van der Waals surface area contributed by atoms with E-state index in [1.807, 2.05) is 12.4 Å². The molecule has 0 aromatic carbocycles. The molecule has 1 aromatic heterocycles. The van der Waals surface area contributed by atoms with Gasteiger partial charge >= 0.3 is 0 Å². The second kappa shape index (κ2) is 3.60. The smallest absolute Gasteiger partial charge is 0.0270 e. The summed E-state index contributed by atoms with van der Waals surface area (Å²) in [4.78, 5) is 4.09. The molecule has 1 N–H and O–H groups in total. The van der Waals surface area contributed by atoms with Crippen LogP contribution in [0.3, 0.4) is 0 Å². The second-order valence-corrected chi connectivity index (χ2v) is 5.16. The third-order valence-corrected chi connectivity index (χ3v) is 4.22.